The Labute approximate surface area is 212 Å². The number of oxime groups is 1. The van der Waals surface area contributed by atoms with E-state index in [1.54, 1.807) is 6.08 Å². The maximum Gasteiger partial charge on any atom is 0.125 e. The molecule has 0 saturated carbocycles. The number of hydrogen-bond acceptors (Lipinski definition) is 4. The van der Waals surface area contributed by atoms with Gasteiger partial charge in [-0.05, 0) is 67.5 Å². The molecule has 4 nitrogen and oxygen atoms in total. The van der Waals surface area contributed by atoms with E-state index >= 15 is 0 Å². The highest BCUT2D eigenvalue weighted by Gasteiger charge is 2.14. The van der Waals surface area contributed by atoms with Crippen molar-refractivity contribution in [3.8, 4) is 11.5 Å². The third kappa shape index (κ3) is 9.87. The summed E-state index contributed by atoms with van der Waals surface area (Å²) < 4.78 is 12.1. The van der Waals surface area contributed by atoms with Crippen LogP contribution in [0.4, 0.5) is 0 Å². The smallest absolute Gasteiger partial charge is 0.125 e. The molecule has 0 amide bonds. The van der Waals surface area contributed by atoms with Crippen LogP contribution in [0.3, 0.4) is 0 Å². The highest BCUT2D eigenvalue weighted by molar-refractivity contribution is 6.55. The number of ether oxygens (including phenoxy) is 2. The van der Waals surface area contributed by atoms with Crippen LogP contribution < -0.4 is 9.47 Å². The monoisotopic (exact) mass is 511 g/mol. The molecule has 0 fully saturated rings. The summed E-state index contributed by atoms with van der Waals surface area (Å²) in [4.78, 5) is 5.45. The van der Waals surface area contributed by atoms with Gasteiger partial charge in [0.1, 0.15) is 35.8 Å². The predicted molar refractivity (Wildman–Crippen MR) is 139 cm³/mol. The first-order valence-corrected chi connectivity index (χ1v) is 12.4. The second-order valence-corrected chi connectivity index (χ2v) is 9.13. The van der Waals surface area contributed by atoms with Crippen molar-refractivity contribution in [3.63, 3.8) is 0 Å². The van der Waals surface area contributed by atoms with Crippen molar-refractivity contribution >= 4 is 40.5 Å². The Hall–Kier alpha value is -1.88. The topological polar surface area (TPSA) is 40.0 Å². The fourth-order valence-electron chi connectivity index (χ4n) is 3.22. The van der Waals surface area contributed by atoms with Gasteiger partial charge in [0.2, 0.25) is 0 Å². The molecule has 180 valence electrons. The van der Waals surface area contributed by atoms with Gasteiger partial charge in [-0.25, -0.2) is 0 Å². The number of hydrogen-bond donors (Lipinski definition) is 0. The van der Waals surface area contributed by atoms with E-state index in [1.165, 1.54) is 0 Å². The molecular formula is C26H32Cl3NO3. The molecule has 0 bridgehead atoms. The van der Waals surface area contributed by atoms with Crippen LogP contribution in [-0.2, 0) is 17.7 Å². The van der Waals surface area contributed by atoms with Crippen molar-refractivity contribution in [2.75, 3.05) is 19.8 Å². The summed E-state index contributed by atoms with van der Waals surface area (Å²) in [7, 11) is 0. The van der Waals surface area contributed by atoms with Gasteiger partial charge in [0, 0.05) is 0 Å². The Balaban J connectivity index is 1.83. The van der Waals surface area contributed by atoms with Gasteiger partial charge in [0.15, 0.2) is 0 Å². The van der Waals surface area contributed by atoms with Crippen molar-refractivity contribution in [1.29, 1.82) is 0 Å². The minimum Gasteiger partial charge on any atom is -0.491 e. The van der Waals surface area contributed by atoms with E-state index in [1.807, 2.05) is 49.4 Å². The van der Waals surface area contributed by atoms with Crippen LogP contribution in [0.2, 0.25) is 0 Å². The van der Waals surface area contributed by atoms with Crippen LogP contribution in [0.25, 0.3) is 0 Å². The third-order valence-corrected chi connectivity index (χ3v) is 5.67. The lowest BCUT2D eigenvalue weighted by Crippen LogP contribution is -2.14. The second kappa shape index (κ2) is 15.1. The molecule has 0 radical (unpaired) electrons. The third-order valence-electron chi connectivity index (χ3n) is 5.02. The van der Waals surface area contributed by atoms with E-state index in [4.69, 9.17) is 49.1 Å². The number of aryl methyl sites for hydroxylation is 2. The van der Waals surface area contributed by atoms with Crippen molar-refractivity contribution < 1.29 is 14.3 Å². The summed E-state index contributed by atoms with van der Waals surface area (Å²) in [5.41, 5.74) is 4.08. The fourth-order valence-corrected chi connectivity index (χ4v) is 3.56. The molecule has 0 aliphatic carbocycles. The Morgan fingerprint density at radius 2 is 1.70 bits per heavy atom. The van der Waals surface area contributed by atoms with Gasteiger partial charge < -0.3 is 14.3 Å². The highest BCUT2D eigenvalue weighted by Crippen LogP contribution is 2.31. The normalized spacial score (nSPS) is 12.2. The SMILES string of the molecule is CCc1cc(OCC=C(Cl)Cl)cc(CC)c1OCC(Cl)CCCON=C(C)c1ccccc1. The lowest BCUT2D eigenvalue weighted by molar-refractivity contribution is 0.138. The maximum absolute atomic E-state index is 6.52. The van der Waals surface area contributed by atoms with Crippen LogP contribution >= 0.6 is 34.8 Å². The van der Waals surface area contributed by atoms with Crippen molar-refractivity contribution in [3.05, 3.63) is 69.7 Å². The molecule has 0 heterocycles. The van der Waals surface area contributed by atoms with Crippen LogP contribution in [0.5, 0.6) is 11.5 Å². The first-order chi connectivity index (χ1) is 15.9. The largest absolute Gasteiger partial charge is 0.491 e. The summed E-state index contributed by atoms with van der Waals surface area (Å²) in [6, 6.07) is 13.9. The molecule has 0 aromatic heterocycles. The molecule has 0 aliphatic rings. The van der Waals surface area contributed by atoms with Gasteiger partial charge in [-0.3, -0.25) is 0 Å². The molecule has 1 atom stereocenters. The van der Waals surface area contributed by atoms with E-state index in [-0.39, 0.29) is 9.87 Å². The Morgan fingerprint density at radius 3 is 2.30 bits per heavy atom. The number of halogens is 3. The molecule has 2 rings (SSSR count). The standard InChI is InChI=1S/C26H32Cl3NO3/c1-4-20-16-24(31-15-13-25(28)29)17-21(5-2)26(20)32-18-23(27)12-9-14-33-30-19(3)22-10-7-6-8-11-22/h6-8,10-11,13,16-17,23H,4-5,9,12,14-15,18H2,1-3H3. The summed E-state index contributed by atoms with van der Waals surface area (Å²) in [5.74, 6) is 1.66. The van der Waals surface area contributed by atoms with E-state index in [0.29, 0.717) is 19.8 Å². The molecule has 0 N–H and O–H groups in total. The number of rotatable bonds is 14. The van der Waals surface area contributed by atoms with Gasteiger partial charge in [0.25, 0.3) is 0 Å². The zero-order valence-corrected chi connectivity index (χ0v) is 21.7. The Morgan fingerprint density at radius 1 is 1.03 bits per heavy atom. The van der Waals surface area contributed by atoms with Crippen molar-refractivity contribution in [2.24, 2.45) is 5.16 Å². The first kappa shape index (κ1) is 27.4. The number of nitrogens with zero attached hydrogens (tertiary/aromatic N) is 1. The van der Waals surface area contributed by atoms with Crippen LogP contribution in [0, 0.1) is 0 Å². The summed E-state index contributed by atoms with van der Waals surface area (Å²) >= 11 is 17.8. The molecule has 0 spiro atoms. The van der Waals surface area contributed by atoms with Gasteiger partial charge >= 0.3 is 0 Å². The van der Waals surface area contributed by atoms with E-state index in [2.05, 4.69) is 19.0 Å². The molecular weight excluding hydrogens is 481 g/mol. The van der Waals surface area contributed by atoms with Crippen LogP contribution in [0.15, 0.2) is 58.2 Å². The van der Waals surface area contributed by atoms with Gasteiger partial charge in [-0.15, -0.1) is 11.6 Å². The van der Waals surface area contributed by atoms with E-state index in [9.17, 15) is 0 Å². The highest BCUT2D eigenvalue weighted by atomic mass is 35.5. The van der Waals surface area contributed by atoms with Crippen molar-refractivity contribution in [1.82, 2.24) is 0 Å². The average Bonchev–Trinajstić information content (AvgIpc) is 2.82. The minimum absolute atomic E-state index is 0.117. The average molecular weight is 513 g/mol. The Kier molecular flexibility index (Phi) is 12.5. The first-order valence-electron chi connectivity index (χ1n) is 11.2. The number of alkyl halides is 1. The fraction of sp³-hybridized carbons (Fsp3) is 0.423. The quantitative estimate of drug-likeness (QED) is 0.113. The van der Waals surface area contributed by atoms with Gasteiger partial charge in [-0.1, -0.05) is 72.5 Å². The summed E-state index contributed by atoms with van der Waals surface area (Å²) in [5, 5.41) is 4.06. The van der Waals surface area contributed by atoms with Crippen LogP contribution in [-0.4, -0.2) is 30.9 Å². The lowest BCUT2D eigenvalue weighted by atomic mass is 10.0. The maximum atomic E-state index is 6.52. The molecule has 2 aromatic carbocycles. The van der Waals surface area contributed by atoms with Crippen molar-refractivity contribution in [2.45, 2.75) is 51.8 Å². The van der Waals surface area contributed by atoms with E-state index < -0.39 is 0 Å². The number of benzene rings is 2. The second-order valence-electron chi connectivity index (χ2n) is 7.51. The predicted octanol–water partition coefficient (Wildman–Crippen LogP) is 7.72. The van der Waals surface area contributed by atoms with Crippen LogP contribution in [0.1, 0.15) is 50.3 Å². The summed E-state index contributed by atoms with van der Waals surface area (Å²) in [6.45, 7) is 7.38. The molecule has 0 saturated heterocycles. The molecule has 0 aliphatic heterocycles. The lowest BCUT2D eigenvalue weighted by Gasteiger charge is -2.18. The molecule has 33 heavy (non-hydrogen) atoms. The van der Waals surface area contributed by atoms with Gasteiger partial charge in [0.05, 0.1) is 11.1 Å². The Bertz CT molecular complexity index is 887. The van der Waals surface area contributed by atoms with Gasteiger partial charge in [-0.2, -0.15) is 0 Å². The zero-order valence-electron chi connectivity index (χ0n) is 19.5. The zero-order chi connectivity index (χ0) is 24.1. The molecule has 2 aromatic rings. The molecule has 7 heteroatoms. The van der Waals surface area contributed by atoms with E-state index in [0.717, 1.165) is 59.6 Å². The minimum atomic E-state index is -0.117. The molecule has 1 unspecified atom stereocenters. The summed E-state index contributed by atoms with van der Waals surface area (Å²) in [6.07, 6.45) is 4.84.